The number of nitrogens with one attached hydrogen (secondary N) is 2. The smallest absolute Gasteiger partial charge is 0.230 e. The molecule has 1 fully saturated rings. The van der Waals surface area contributed by atoms with E-state index < -0.39 is 23.8 Å². The molecule has 1 heterocycles. The molecule has 1 rings (SSSR count). The number of rotatable bonds is 14. The van der Waals surface area contributed by atoms with Gasteiger partial charge in [-0.05, 0) is 32.1 Å². The molecule has 0 saturated carbocycles. The number of nitrogens with zero attached hydrogens (tertiary/aromatic N) is 1. The van der Waals surface area contributed by atoms with Crippen molar-refractivity contribution < 1.29 is 29.1 Å². The Morgan fingerprint density at radius 1 is 0.929 bits per heavy atom. The van der Waals surface area contributed by atoms with Crippen molar-refractivity contribution in [2.24, 2.45) is 0 Å². The molecule has 0 radical (unpaired) electrons. The Balaban J connectivity index is 2.11. The Labute approximate surface area is 178 Å². The van der Waals surface area contributed by atoms with E-state index in [0.717, 1.165) is 24.2 Å². The van der Waals surface area contributed by atoms with Gasteiger partial charge in [0.05, 0.1) is 16.4 Å². The van der Waals surface area contributed by atoms with Gasteiger partial charge in [-0.25, -0.2) is 0 Å². The fourth-order valence-electron chi connectivity index (χ4n) is 2.94. The quantitative estimate of drug-likeness (QED) is 0.143. The van der Waals surface area contributed by atoms with Gasteiger partial charge in [-0.2, -0.15) is 0 Å². The molecular weight excluding hydrogens is 481 g/mol. The van der Waals surface area contributed by atoms with Gasteiger partial charge in [-0.15, -0.1) is 0 Å². The van der Waals surface area contributed by atoms with E-state index in [4.69, 9.17) is 0 Å². The van der Waals surface area contributed by atoms with Crippen LogP contribution < -0.4 is 15.7 Å². The number of carboxylic acid groups (broad SMARTS) is 1. The molecule has 1 saturated heterocycles. The molecule has 1 aliphatic heterocycles. The third kappa shape index (κ3) is 8.98. The number of carbonyl (C=O) groups excluding carboxylic acids is 5. The number of aliphatic carboxylic acids is 1. The number of imide groups is 1. The zero-order valence-electron chi connectivity index (χ0n) is 15.8. The van der Waals surface area contributed by atoms with Crippen LogP contribution in [0.2, 0.25) is 0 Å². The van der Waals surface area contributed by atoms with Gasteiger partial charge in [0.2, 0.25) is 23.6 Å². The molecule has 158 valence electrons. The number of alkyl halides is 1. The van der Waals surface area contributed by atoms with E-state index in [-0.39, 0.29) is 31.1 Å². The number of amides is 4. The summed E-state index contributed by atoms with van der Waals surface area (Å²) in [6.07, 6.45) is 4.02. The SMILES string of the molecule is O=C(CI)NCCCCCC(=O)NCCCCC(C(=O)[O-])N1C(=O)CCC1=O. The molecule has 0 aliphatic carbocycles. The van der Waals surface area contributed by atoms with Gasteiger partial charge in [0, 0.05) is 32.4 Å². The third-order valence-corrected chi connectivity index (χ3v) is 5.12. The molecule has 1 aliphatic rings. The second kappa shape index (κ2) is 13.5. The van der Waals surface area contributed by atoms with Crippen LogP contribution in [0.4, 0.5) is 0 Å². The summed E-state index contributed by atoms with van der Waals surface area (Å²) in [4.78, 5) is 58.2. The Bertz CT molecular complexity index is 568. The van der Waals surface area contributed by atoms with E-state index >= 15 is 0 Å². The molecular formula is C18H27IN3O6-. The molecule has 0 bridgehead atoms. The molecule has 0 aromatic heterocycles. The highest BCUT2D eigenvalue weighted by Crippen LogP contribution is 2.18. The number of halogens is 1. The Morgan fingerprint density at radius 3 is 2.07 bits per heavy atom. The second-order valence-electron chi connectivity index (χ2n) is 6.63. The van der Waals surface area contributed by atoms with Crippen molar-refractivity contribution in [2.45, 2.75) is 63.8 Å². The average Bonchev–Trinajstić information content (AvgIpc) is 2.98. The van der Waals surface area contributed by atoms with E-state index in [0.29, 0.717) is 36.8 Å². The zero-order valence-corrected chi connectivity index (χ0v) is 18.0. The van der Waals surface area contributed by atoms with Gasteiger partial charge < -0.3 is 20.5 Å². The van der Waals surface area contributed by atoms with Crippen LogP contribution in [-0.2, 0) is 24.0 Å². The number of hydrogen-bond acceptors (Lipinski definition) is 6. The summed E-state index contributed by atoms with van der Waals surface area (Å²) in [7, 11) is 0. The molecule has 9 nitrogen and oxygen atoms in total. The van der Waals surface area contributed by atoms with Crippen LogP contribution in [0, 0.1) is 0 Å². The van der Waals surface area contributed by atoms with Gasteiger partial charge >= 0.3 is 0 Å². The van der Waals surface area contributed by atoms with Crippen LogP contribution in [0.1, 0.15) is 57.8 Å². The lowest BCUT2D eigenvalue weighted by atomic mass is 10.1. The second-order valence-corrected chi connectivity index (χ2v) is 7.40. The fraction of sp³-hybridized carbons (Fsp3) is 0.722. The molecule has 1 unspecified atom stereocenters. The number of carboxylic acids is 1. The van der Waals surface area contributed by atoms with Crippen molar-refractivity contribution in [1.82, 2.24) is 15.5 Å². The zero-order chi connectivity index (χ0) is 20.9. The van der Waals surface area contributed by atoms with Gasteiger partial charge in [-0.3, -0.25) is 24.1 Å². The van der Waals surface area contributed by atoms with Crippen molar-refractivity contribution >= 4 is 52.2 Å². The van der Waals surface area contributed by atoms with E-state index in [1.54, 1.807) is 0 Å². The number of likely N-dealkylation sites (tertiary alicyclic amines) is 1. The summed E-state index contributed by atoms with van der Waals surface area (Å²) < 4.78 is 0.439. The molecule has 2 N–H and O–H groups in total. The highest BCUT2D eigenvalue weighted by molar-refractivity contribution is 14.1. The lowest BCUT2D eigenvalue weighted by Crippen LogP contribution is -2.50. The van der Waals surface area contributed by atoms with E-state index in [2.05, 4.69) is 10.6 Å². The van der Waals surface area contributed by atoms with E-state index in [1.807, 2.05) is 22.6 Å². The highest BCUT2D eigenvalue weighted by Gasteiger charge is 2.35. The predicted octanol–water partition coefficient (Wildman–Crippen LogP) is -0.348. The normalized spacial score (nSPS) is 14.8. The first-order chi connectivity index (χ1) is 13.4. The van der Waals surface area contributed by atoms with Gasteiger partial charge in [-0.1, -0.05) is 29.0 Å². The summed E-state index contributed by atoms with van der Waals surface area (Å²) in [5.41, 5.74) is 0. The van der Waals surface area contributed by atoms with Gasteiger partial charge in [0.15, 0.2) is 0 Å². The minimum Gasteiger partial charge on any atom is -0.548 e. The highest BCUT2D eigenvalue weighted by atomic mass is 127. The van der Waals surface area contributed by atoms with Crippen LogP contribution >= 0.6 is 22.6 Å². The average molecular weight is 508 g/mol. The van der Waals surface area contributed by atoms with Crippen molar-refractivity contribution in [3.05, 3.63) is 0 Å². The summed E-state index contributed by atoms with van der Waals surface area (Å²) in [6, 6.07) is -1.23. The van der Waals surface area contributed by atoms with Crippen molar-refractivity contribution in [3.63, 3.8) is 0 Å². The largest absolute Gasteiger partial charge is 0.548 e. The Kier molecular flexibility index (Phi) is 11.7. The molecule has 10 heteroatoms. The standard InChI is InChI=1S/C18H28IN3O6/c19-12-15(24)21-10-4-1-2-7-14(23)20-11-5-3-6-13(18(27)28)22-16(25)8-9-17(22)26/h13H,1-12H2,(H,20,23)(H,21,24)(H,27,28)/p-1. The third-order valence-electron chi connectivity index (χ3n) is 4.42. The van der Waals surface area contributed by atoms with Gasteiger partial charge in [0.1, 0.15) is 0 Å². The maximum absolute atomic E-state index is 11.7. The molecule has 4 amide bonds. The molecule has 28 heavy (non-hydrogen) atoms. The number of unbranched alkanes of at least 4 members (excludes halogenated alkanes) is 3. The maximum Gasteiger partial charge on any atom is 0.230 e. The first-order valence-corrected chi connectivity index (χ1v) is 11.0. The van der Waals surface area contributed by atoms with Crippen molar-refractivity contribution in [1.29, 1.82) is 0 Å². The monoisotopic (exact) mass is 508 g/mol. The van der Waals surface area contributed by atoms with Crippen LogP contribution in [0.15, 0.2) is 0 Å². The predicted molar refractivity (Wildman–Crippen MR) is 107 cm³/mol. The van der Waals surface area contributed by atoms with Crippen LogP contribution in [0.5, 0.6) is 0 Å². The number of carbonyl (C=O) groups is 5. The van der Waals surface area contributed by atoms with Crippen LogP contribution in [0.25, 0.3) is 0 Å². The molecule has 0 aromatic carbocycles. The fourth-order valence-corrected chi connectivity index (χ4v) is 3.20. The van der Waals surface area contributed by atoms with E-state index in [9.17, 15) is 29.1 Å². The van der Waals surface area contributed by atoms with Crippen LogP contribution in [-0.4, -0.2) is 58.1 Å². The molecule has 0 spiro atoms. The lowest BCUT2D eigenvalue weighted by Gasteiger charge is -2.27. The first-order valence-electron chi connectivity index (χ1n) is 9.52. The van der Waals surface area contributed by atoms with Crippen molar-refractivity contribution in [3.8, 4) is 0 Å². The van der Waals surface area contributed by atoms with Gasteiger partial charge in [0.25, 0.3) is 0 Å². The summed E-state index contributed by atoms with van der Waals surface area (Å²) in [5.74, 6) is -2.43. The first kappa shape index (κ1) is 24.3. The molecule has 0 aromatic rings. The topological polar surface area (TPSA) is 136 Å². The lowest BCUT2D eigenvalue weighted by molar-refractivity contribution is -0.311. The Morgan fingerprint density at radius 2 is 1.50 bits per heavy atom. The summed E-state index contributed by atoms with van der Waals surface area (Å²) >= 11 is 2.00. The summed E-state index contributed by atoms with van der Waals surface area (Å²) in [5, 5.41) is 16.8. The maximum atomic E-state index is 11.7. The Hall–Kier alpha value is -1.72. The minimum absolute atomic E-state index is 0.0118. The molecule has 1 atom stereocenters. The van der Waals surface area contributed by atoms with Crippen LogP contribution in [0.3, 0.4) is 0 Å². The van der Waals surface area contributed by atoms with E-state index in [1.165, 1.54) is 0 Å². The minimum atomic E-state index is -1.43. The van der Waals surface area contributed by atoms with Crippen molar-refractivity contribution in [2.75, 3.05) is 17.5 Å². The summed E-state index contributed by atoms with van der Waals surface area (Å²) in [6.45, 7) is 1.03. The number of hydrogen-bond donors (Lipinski definition) is 2.